The average molecular weight is 258 g/mol. The summed E-state index contributed by atoms with van der Waals surface area (Å²) in [4.78, 5) is 11.3. The number of nitrogens with one attached hydrogen (secondary N) is 1. The number of nitrogens with zero attached hydrogens (tertiary/aromatic N) is 3. The minimum atomic E-state index is 0.502. The Labute approximate surface area is 115 Å². The molecule has 0 saturated carbocycles. The van der Waals surface area contributed by atoms with E-state index in [1.807, 2.05) is 6.20 Å². The van der Waals surface area contributed by atoms with Crippen LogP contribution in [0.25, 0.3) is 12.2 Å². The second-order valence-electron chi connectivity index (χ2n) is 5.16. The fraction of sp³-hybridized carbons (Fsp3) is 0.467. The van der Waals surface area contributed by atoms with E-state index >= 15 is 0 Å². The van der Waals surface area contributed by atoms with Crippen molar-refractivity contribution in [1.29, 1.82) is 0 Å². The number of anilines is 1. The van der Waals surface area contributed by atoms with E-state index in [2.05, 4.69) is 47.2 Å². The largest absolute Gasteiger partial charge is 0.352 e. The molecule has 2 rings (SSSR count). The summed E-state index contributed by atoms with van der Waals surface area (Å²) in [6.45, 7) is 14.9. The molecule has 0 amide bonds. The second kappa shape index (κ2) is 5.97. The number of hydrogen-bond acceptors (Lipinski definition) is 4. The first-order valence-corrected chi connectivity index (χ1v) is 6.76. The lowest BCUT2D eigenvalue weighted by atomic mass is 10.0. The summed E-state index contributed by atoms with van der Waals surface area (Å²) >= 11 is 0. The van der Waals surface area contributed by atoms with Gasteiger partial charge >= 0.3 is 0 Å². The zero-order valence-electron chi connectivity index (χ0n) is 11.8. The highest BCUT2D eigenvalue weighted by Crippen LogP contribution is 2.17. The third-order valence-electron chi connectivity index (χ3n) is 3.54. The van der Waals surface area contributed by atoms with Gasteiger partial charge in [0, 0.05) is 25.7 Å². The van der Waals surface area contributed by atoms with Gasteiger partial charge in [0.05, 0.1) is 17.6 Å². The molecule has 0 aliphatic carbocycles. The lowest BCUT2D eigenvalue weighted by molar-refractivity contribution is 0.367. The lowest BCUT2D eigenvalue weighted by Crippen LogP contribution is -2.53. The van der Waals surface area contributed by atoms with Gasteiger partial charge in [0.2, 0.25) is 0 Å². The van der Waals surface area contributed by atoms with Gasteiger partial charge in [-0.2, -0.15) is 0 Å². The first-order chi connectivity index (χ1) is 9.15. The van der Waals surface area contributed by atoms with E-state index in [4.69, 9.17) is 0 Å². The van der Waals surface area contributed by atoms with Gasteiger partial charge in [0.25, 0.3) is 0 Å². The predicted octanol–water partition coefficient (Wildman–Crippen LogP) is 2.20. The molecule has 102 valence electrons. The van der Waals surface area contributed by atoms with Crippen molar-refractivity contribution >= 4 is 18.0 Å². The highest BCUT2D eigenvalue weighted by molar-refractivity contribution is 5.59. The van der Waals surface area contributed by atoms with Crippen molar-refractivity contribution in [2.45, 2.75) is 19.9 Å². The highest BCUT2D eigenvalue weighted by Gasteiger charge is 2.23. The van der Waals surface area contributed by atoms with Crippen LogP contribution in [0.15, 0.2) is 19.4 Å². The van der Waals surface area contributed by atoms with Crippen molar-refractivity contribution in [2.75, 3.05) is 24.5 Å². The van der Waals surface area contributed by atoms with Gasteiger partial charge in [-0.05, 0) is 18.1 Å². The van der Waals surface area contributed by atoms with Gasteiger partial charge < -0.3 is 10.2 Å². The second-order valence-corrected chi connectivity index (χ2v) is 5.16. The normalized spacial score (nSPS) is 19.5. The molecule has 0 radical (unpaired) electrons. The first-order valence-electron chi connectivity index (χ1n) is 6.76. The summed E-state index contributed by atoms with van der Waals surface area (Å²) in [7, 11) is 0. The molecule has 4 nitrogen and oxygen atoms in total. The molecular formula is C15H22N4. The van der Waals surface area contributed by atoms with Crippen molar-refractivity contribution in [3.8, 4) is 0 Å². The van der Waals surface area contributed by atoms with Crippen LogP contribution in [0, 0.1) is 5.92 Å². The number of piperazine rings is 1. The van der Waals surface area contributed by atoms with Crippen LogP contribution in [0.1, 0.15) is 25.2 Å². The van der Waals surface area contributed by atoms with Crippen LogP contribution in [-0.4, -0.2) is 35.6 Å². The monoisotopic (exact) mass is 258 g/mol. The number of aromatic nitrogens is 2. The fourth-order valence-electron chi connectivity index (χ4n) is 2.30. The standard InChI is InChI=1S/C15H22N4/c1-5-12-13(6-2)18-15(9-17-12)19-8-7-16-14(10-19)11(3)4/h5-6,9,11,14,16H,1-2,7-8,10H2,3-4H3. The minimum Gasteiger partial charge on any atom is -0.352 e. The van der Waals surface area contributed by atoms with E-state index in [1.165, 1.54) is 0 Å². The topological polar surface area (TPSA) is 41.1 Å². The Balaban J connectivity index is 2.21. The Hall–Kier alpha value is -1.68. The molecule has 1 aliphatic heterocycles. The van der Waals surface area contributed by atoms with E-state index in [0.717, 1.165) is 36.8 Å². The minimum absolute atomic E-state index is 0.502. The molecule has 0 spiro atoms. The van der Waals surface area contributed by atoms with Crippen LogP contribution in [0.5, 0.6) is 0 Å². The summed E-state index contributed by atoms with van der Waals surface area (Å²) in [5.74, 6) is 1.54. The average Bonchev–Trinajstić information content (AvgIpc) is 2.46. The Bertz CT molecular complexity index is 467. The Kier molecular flexibility index (Phi) is 4.32. The maximum Gasteiger partial charge on any atom is 0.147 e. The van der Waals surface area contributed by atoms with Crippen LogP contribution in [0.2, 0.25) is 0 Å². The fourth-order valence-corrected chi connectivity index (χ4v) is 2.30. The number of hydrogen-bond donors (Lipinski definition) is 1. The van der Waals surface area contributed by atoms with Crippen LogP contribution < -0.4 is 10.2 Å². The van der Waals surface area contributed by atoms with Gasteiger partial charge in [-0.15, -0.1) is 0 Å². The van der Waals surface area contributed by atoms with Crippen LogP contribution >= 0.6 is 0 Å². The van der Waals surface area contributed by atoms with E-state index in [-0.39, 0.29) is 0 Å². The van der Waals surface area contributed by atoms with Gasteiger partial charge in [-0.25, -0.2) is 4.98 Å². The molecule has 4 heteroatoms. The molecule has 0 bridgehead atoms. The van der Waals surface area contributed by atoms with Crippen molar-refractivity contribution in [1.82, 2.24) is 15.3 Å². The Morgan fingerprint density at radius 2 is 2.11 bits per heavy atom. The van der Waals surface area contributed by atoms with Crippen molar-refractivity contribution < 1.29 is 0 Å². The first kappa shape index (κ1) is 13.7. The molecule has 1 saturated heterocycles. The summed E-state index contributed by atoms with van der Waals surface area (Å²) in [6, 6.07) is 0.502. The molecule has 1 unspecified atom stereocenters. The quantitative estimate of drug-likeness (QED) is 0.899. The molecule has 1 aromatic heterocycles. The van der Waals surface area contributed by atoms with E-state index in [9.17, 15) is 0 Å². The summed E-state index contributed by atoms with van der Waals surface area (Å²) < 4.78 is 0. The summed E-state index contributed by atoms with van der Waals surface area (Å²) in [5.41, 5.74) is 1.58. The highest BCUT2D eigenvalue weighted by atomic mass is 15.2. The Morgan fingerprint density at radius 1 is 1.37 bits per heavy atom. The molecule has 1 N–H and O–H groups in total. The zero-order valence-corrected chi connectivity index (χ0v) is 11.8. The molecule has 1 atom stereocenters. The summed E-state index contributed by atoms with van der Waals surface area (Å²) in [6.07, 6.45) is 5.27. The van der Waals surface area contributed by atoms with Crippen molar-refractivity contribution in [3.05, 3.63) is 30.7 Å². The predicted molar refractivity (Wildman–Crippen MR) is 81.1 cm³/mol. The van der Waals surface area contributed by atoms with E-state index in [1.54, 1.807) is 12.2 Å². The van der Waals surface area contributed by atoms with Gasteiger partial charge in [-0.1, -0.05) is 27.0 Å². The van der Waals surface area contributed by atoms with Crippen LogP contribution in [0.4, 0.5) is 5.82 Å². The van der Waals surface area contributed by atoms with Crippen LogP contribution in [-0.2, 0) is 0 Å². The maximum absolute atomic E-state index is 4.63. The molecular weight excluding hydrogens is 236 g/mol. The molecule has 1 fully saturated rings. The van der Waals surface area contributed by atoms with Gasteiger partial charge in [0.1, 0.15) is 5.82 Å². The van der Waals surface area contributed by atoms with Gasteiger partial charge in [-0.3, -0.25) is 4.98 Å². The third kappa shape index (κ3) is 3.01. The zero-order chi connectivity index (χ0) is 13.8. The molecule has 19 heavy (non-hydrogen) atoms. The van der Waals surface area contributed by atoms with E-state index in [0.29, 0.717) is 12.0 Å². The third-order valence-corrected chi connectivity index (χ3v) is 3.54. The molecule has 2 heterocycles. The SMILES string of the molecule is C=Cc1ncc(N2CCNC(C(C)C)C2)nc1C=C. The number of rotatable bonds is 4. The molecule has 1 aromatic rings. The van der Waals surface area contributed by atoms with E-state index < -0.39 is 0 Å². The van der Waals surface area contributed by atoms with Crippen molar-refractivity contribution in [2.24, 2.45) is 5.92 Å². The smallest absolute Gasteiger partial charge is 0.147 e. The summed E-state index contributed by atoms with van der Waals surface area (Å²) in [5, 5.41) is 3.54. The Morgan fingerprint density at radius 3 is 2.74 bits per heavy atom. The lowest BCUT2D eigenvalue weighted by Gasteiger charge is -2.36. The van der Waals surface area contributed by atoms with Crippen molar-refractivity contribution in [3.63, 3.8) is 0 Å². The molecule has 1 aliphatic rings. The molecule has 0 aromatic carbocycles. The van der Waals surface area contributed by atoms with Gasteiger partial charge in [0.15, 0.2) is 0 Å². The maximum atomic E-state index is 4.63. The van der Waals surface area contributed by atoms with Crippen LogP contribution in [0.3, 0.4) is 0 Å².